The molecule has 1 unspecified atom stereocenters. The normalized spacial score (nSPS) is 13.1. The van der Waals surface area contributed by atoms with Crippen LogP contribution in [0.3, 0.4) is 0 Å². The minimum atomic E-state index is 0.532. The molecule has 1 rings (SSSR count). The van der Waals surface area contributed by atoms with E-state index in [0.717, 1.165) is 11.0 Å². The van der Waals surface area contributed by atoms with E-state index in [2.05, 4.69) is 54.0 Å². The molecule has 1 aromatic rings. The Kier molecular flexibility index (Phi) is 6.47. The third-order valence-corrected chi connectivity index (χ3v) is 4.79. The topological polar surface area (TPSA) is 26.0 Å². The van der Waals surface area contributed by atoms with Crippen molar-refractivity contribution in [3.05, 3.63) is 28.7 Å². The van der Waals surface area contributed by atoms with E-state index in [1.54, 1.807) is 0 Å². The van der Waals surface area contributed by atoms with Crippen LogP contribution in [0, 0.1) is 5.92 Å². The summed E-state index contributed by atoms with van der Waals surface area (Å²) in [5, 5.41) is 0.532. The number of halogens is 1. The second-order valence-electron chi connectivity index (χ2n) is 3.93. The molecule has 0 heterocycles. The maximum absolute atomic E-state index is 5.88. The van der Waals surface area contributed by atoms with Crippen molar-refractivity contribution in [3.63, 3.8) is 0 Å². The van der Waals surface area contributed by atoms with Crippen molar-refractivity contribution >= 4 is 27.7 Å². The summed E-state index contributed by atoms with van der Waals surface area (Å²) in [6, 6.07) is 8.45. The molecule has 1 aromatic carbocycles. The lowest BCUT2D eigenvalue weighted by Crippen LogP contribution is -2.25. The van der Waals surface area contributed by atoms with Gasteiger partial charge in [-0.15, -0.1) is 11.8 Å². The number of nitrogens with two attached hydrogens (primary N) is 1. The monoisotopic (exact) mass is 301 g/mol. The summed E-state index contributed by atoms with van der Waals surface area (Å²) in [4.78, 5) is 1.30. The molecule has 1 nitrogen and oxygen atoms in total. The Morgan fingerprint density at radius 1 is 1.31 bits per heavy atom. The molecule has 0 saturated carbocycles. The summed E-state index contributed by atoms with van der Waals surface area (Å²) >= 11 is 5.41. The Bertz CT molecular complexity index is 313. The maximum Gasteiger partial charge on any atom is 0.0245 e. The van der Waals surface area contributed by atoms with Gasteiger partial charge in [-0.05, 0) is 24.1 Å². The van der Waals surface area contributed by atoms with Crippen LogP contribution in [-0.2, 0) is 0 Å². The van der Waals surface area contributed by atoms with Gasteiger partial charge in [-0.3, -0.25) is 0 Å². The molecule has 0 aliphatic carbocycles. The zero-order valence-electron chi connectivity index (χ0n) is 9.95. The lowest BCUT2D eigenvalue weighted by molar-refractivity contribution is 0.475. The Morgan fingerprint density at radius 2 is 2.00 bits per heavy atom. The number of thioether (sulfide) groups is 1. The third kappa shape index (κ3) is 4.11. The molecule has 2 N–H and O–H groups in total. The van der Waals surface area contributed by atoms with Crippen molar-refractivity contribution in [1.82, 2.24) is 0 Å². The average Bonchev–Trinajstić information content (AvgIpc) is 2.29. The van der Waals surface area contributed by atoms with Crippen LogP contribution < -0.4 is 5.73 Å². The first kappa shape index (κ1) is 14.1. The Morgan fingerprint density at radius 3 is 2.50 bits per heavy atom. The molecule has 0 aromatic heterocycles. The summed E-state index contributed by atoms with van der Waals surface area (Å²) < 4.78 is 1.14. The van der Waals surface area contributed by atoms with E-state index in [9.17, 15) is 0 Å². The van der Waals surface area contributed by atoms with Gasteiger partial charge in [0.2, 0.25) is 0 Å². The van der Waals surface area contributed by atoms with E-state index in [-0.39, 0.29) is 0 Å². The average molecular weight is 302 g/mol. The van der Waals surface area contributed by atoms with Crippen molar-refractivity contribution in [2.75, 3.05) is 6.54 Å². The SMILES string of the molecule is CCC(CC)C(CN)Sc1cccc(Br)c1. The summed E-state index contributed by atoms with van der Waals surface area (Å²) in [7, 11) is 0. The molecule has 0 bridgehead atoms. The summed E-state index contributed by atoms with van der Waals surface area (Å²) in [6.07, 6.45) is 2.42. The molecule has 0 spiro atoms. The smallest absolute Gasteiger partial charge is 0.0245 e. The number of rotatable bonds is 6. The van der Waals surface area contributed by atoms with Gasteiger partial charge in [0.05, 0.1) is 0 Å². The molecular weight excluding hydrogens is 282 g/mol. The van der Waals surface area contributed by atoms with E-state index >= 15 is 0 Å². The molecule has 1 atom stereocenters. The van der Waals surface area contributed by atoms with Gasteiger partial charge < -0.3 is 5.73 Å². The highest BCUT2D eigenvalue weighted by Gasteiger charge is 2.18. The van der Waals surface area contributed by atoms with Gasteiger partial charge in [-0.25, -0.2) is 0 Å². The summed E-state index contributed by atoms with van der Waals surface area (Å²) in [5.74, 6) is 0.717. The van der Waals surface area contributed by atoms with Crippen molar-refractivity contribution < 1.29 is 0 Å². The molecule has 0 radical (unpaired) electrons. The molecule has 0 aliphatic rings. The lowest BCUT2D eigenvalue weighted by atomic mass is 9.99. The minimum absolute atomic E-state index is 0.532. The second kappa shape index (κ2) is 7.36. The third-order valence-electron chi connectivity index (χ3n) is 2.89. The van der Waals surface area contributed by atoms with E-state index in [0.29, 0.717) is 11.2 Å². The molecule has 3 heteroatoms. The Labute approximate surface area is 111 Å². The summed E-state index contributed by atoms with van der Waals surface area (Å²) in [5.41, 5.74) is 5.88. The molecule has 90 valence electrons. The number of benzene rings is 1. The van der Waals surface area contributed by atoms with Crippen molar-refractivity contribution in [2.24, 2.45) is 11.7 Å². The fourth-order valence-corrected chi connectivity index (χ4v) is 3.79. The number of hydrogen-bond donors (Lipinski definition) is 1. The van der Waals surface area contributed by atoms with E-state index in [4.69, 9.17) is 5.73 Å². The minimum Gasteiger partial charge on any atom is -0.329 e. The van der Waals surface area contributed by atoms with Crippen LogP contribution in [0.15, 0.2) is 33.6 Å². The quantitative estimate of drug-likeness (QED) is 0.793. The highest BCUT2D eigenvalue weighted by Crippen LogP contribution is 2.31. The molecule has 0 fully saturated rings. The van der Waals surface area contributed by atoms with Crippen LogP contribution in [0.25, 0.3) is 0 Å². The second-order valence-corrected chi connectivity index (χ2v) is 6.15. The Hall–Kier alpha value is 0.01000. The predicted molar refractivity (Wildman–Crippen MR) is 76.9 cm³/mol. The van der Waals surface area contributed by atoms with E-state index in [1.165, 1.54) is 17.7 Å². The number of hydrogen-bond acceptors (Lipinski definition) is 2. The van der Waals surface area contributed by atoms with Gasteiger partial charge in [-0.2, -0.15) is 0 Å². The molecular formula is C13H20BrNS. The van der Waals surface area contributed by atoms with Crippen molar-refractivity contribution in [3.8, 4) is 0 Å². The van der Waals surface area contributed by atoms with Crippen LogP contribution in [-0.4, -0.2) is 11.8 Å². The van der Waals surface area contributed by atoms with Gasteiger partial charge in [0.1, 0.15) is 0 Å². The fraction of sp³-hybridized carbons (Fsp3) is 0.538. The van der Waals surface area contributed by atoms with E-state index < -0.39 is 0 Å². The van der Waals surface area contributed by atoms with Crippen LogP contribution >= 0.6 is 27.7 Å². The molecule has 16 heavy (non-hydrogen) atoms. The standard InChI is InChI=1S/C13H20BrNS/c1-3-10(4-2)13(9-15)16-12-7-5-6-11(14)8-12/h5-8,10,13H,3-4,9,15H2,1-2H3. The van der Waals surface area contributed by atoms with Crippen molar-refractivity contribution in [2.45, 2.75) is 36.8 Å². The largest absolute Gasteiger partial charge is 0.329 e. The first-order valence-electron chi connectivity index (χ1n) is 5.83. The van der Waals surface area contributed by atoms with Crippen LogP contribution in [0.5, 0.6) is 0 Å². The van der Waals surface area contributed by atoms with Gasteiger partial charge >= 0.3 is 0 Å². The van der Waals surface area contributed by atoms with Crippen LogP contribution in [0.2, 0.25) is 0 Å². The molecule has 0 amide bonds. The van der Waals surface area contributed by atoms with Gasteiger partial charge in [0.25, 0.3) is 0 Å². The Balaban J connectivity index is 2.69. The first-order valence-corrected chi connectivity index (χ1v) is 7.50. The molecule has 0 saturated heterocycles. The highest BCUT2D eigenvalue weighted by molar-refractivity contribution is 9.10. The van der Waals surface area contributed by atoms with Gasteiger partial charge in [0, 0.05) is 21.2 Å². The molecule has 0 aliphatic heterocycles. The van der Waals surface area contributed by atoms with Gasteiger partial charge in [0.15, 0.2) is 0 Å². The van der Waals surface area contributed by atoms with Crippen LogP contribution in [0.4, 0.5) is 0 Å². The summed E-state index contributed by atoms with van der Waals surface area (Å²) in [6.45, 7) is 5.25. The zero-order chi connectivity index (χ0) is 12.0. The van der Waals surface area contributed by atoms with Gasteiger partial charge in [-0.1, -0.05) is 48.7 Å². The first-order chi connectivity index (χ1) is 7.71. The lowest BCUT2D eigenvalue weighted by Gasteiger charge is -2.23. The van der Waals surface area contributed by atoms with E-state index in [1.807, 2.05) is 11.8 Å². The zero-order valence-corrected chi connectivity index (χ0v) is 12.4. The van der Waals surface area contributed by atoms with Crippen molar-refractivity contribution in [1.29, 1.82) is 0 Å². The highest BCUT2D eigenvalue weighted by atomic mass is 79.9. The fourth-order valence-electron chi connectivity index (χ4n) is 1.87. The maximum atomic E-state index is 5.88. The van der Waals surface area contributed by atoms with Crippen LogP contribution in [0.1, 0.15) is 26.7 Å². The predicted octanol–water partition coefficient (Wildman–Crippen LogP) is 4.30.